The maximum atomic E-state index is 14.0. The maximum Gasteiger partial charge on any atom is 0.435 e. The van der Waals surface area contributed by atoms with Crippen LogP contribution in [0.4, 0.5) is 28.9 Å². The molecule has 1 aromatic carbocycles. The molecular weight excluding hydrogens is 684 g/mol. The van der Waals surface area contributed by atoms with Gasteiger partial charge in [0.05, 0.1) is 66.8 Å². The zero-order chi connectivity index (χ0) is 36.1. The van der Waals surface area contributed by atoms with Crippen LogP contribution in [0.15, 0.2) is 42.7 Å². The van der Waals surface area contributed by atoms with Gasteiger partial charge >= 0.3 is 6.18 Å². The topological polar surface area (TPSA) is 144 Å². The number of piperazine rings is 1. The molecule has 0 bridgehead atoms. The molecule has 18 heteroatoms. The minimum atomic E-state index is -4.91. The van der Waals surface area contributed by atoms with Crippen LogP contribution >= 0.6 is 11.6 Å². The number of nitrogens with two attached hydrogens (primary N) is 1. The van der Waals surface area contributed by atoms with Crippen molar-refractivity contribution in [2.75, 3.05) is 64.4 Å². The molecule has 1 unspecified atom stereocenters. The Balaban J connectivity index is 1.13. The molecule has 2 aliphatic heterocycles. The van der Waals surface area contributed by atoms with Crippen molar-refractivity contribution in [3.05, 3.63) is 70.8 Å². The minimum Gasteiger partial charge on any atom is -0.395 e. The first kappa shape index (κ1) is 34.8. The second kappa shape index (κ2) is 13.0. The Morgan fingerprint density at radius 3 is 2.38 bits per heavy atom. The standard InChI is InChI=1S/C32H33ClF4N10O3/c1-43-24(21-16-46(42-26(21)32(35,36)37)25-7-6-23(38)27(34)41-25)15-39-28(43)29(48)40-19-4-5-20(22(33)14-19)31(50)45-11-9-44(10-12-45)30(49)18-8-13-47(2,3)17-18/h4-7,14-16,18H,8-13,17,38H2,1-3H3/p+1. The van der Waals surface area contributed by atoms with Crippen molar-refractivity contribution in [3.8, 4) is 17.1 Å². The fraction of sp³-hybridized carbons (Fsp3) is 0.375. The van der Waals surface area contributed by atoms with Crippen LogP contribution < -0.4 is 11.1 Å². The highest BCUT2D eigenvalue weighted by Gasteiger charge is 2.40. The van der Waals surface area contributed by atoms with Crippen LogP contribution in [0.5, 0.6) is 0 Å². The van der Waals surface area contributed by atoms with E-state index in [-0.39, 0.29) is 57.0 Å². The molecule has 264 valence electrons. The molecule has 50 heavy (non-hydrogen) atoms. The molecule has 4 aromatic rings. The number of rotatable bonds is 6. The second-order valence-corrected chi connectivity index (χ2v) is 13.4. The lowest BCUT2D eigenvalue weighted by atomic mass is 10.1. The third-order valence-electron chi connectivity index (χ3n) is 9.03. The molecule has 0 saturated carbocycles. The van der Waals surface area contributed by atoms with E-state index in [4.69, 9.17) is 17.3 Å². The van der Waals surface area contributed by atoms with E-state index in [1.165, 1.54) is 31.3 Å². The number of hydrogen-bond acceptors (Lipinski definition) is 7. The maximum absolute atomic E-state index is 14.0. The van der Waals surface area contributed by atoms with Gasteiger partial charge in [-0.3, -0.25) is 14.4 Å². The molecule has 3 N–H and O–H groups in total. The summed E-state index contributed by atoms with van der Waals surface area (Å²) in [4.78, 5) is 50.6. The van der Waals surface area contributed by atoms with Gasteiger partial charge in [-0.05, 0) is 30.3 Å². The number of benzene rings is 1. The summed E-state index contributed by atoms with van der Waals surface area (Å²) < 4.78 is 58.7. The van der Waals surface area contributed by atoms with Gasteiger partial charge in [-0.2, -0.15) is 27.6 Å². The predicted molar refractivity (Wildman–Crippen MR) is 175 cm³/mol. The molecule has 5 heterocycles. The predicted octanol–water partition coefficient (Wildman–Crippen LogP) is 3.69. The summed E-state index contributed by atoms with van der Waals surface area (Å²) in [7, 11) is 5.58. The molecule has 2 saturated heterocycles. The van der Waals surface area contributed by atoms with E-state index in [0.717, 1.165) is 51.7 Å². The van der Waals surface area contributed by atoms with Crippen LogP contribution in [0.25, 0.3) is 17.1 Å². The van der Waals surface area contributed by atoms with Crippen molar-refractivity contribution in [2.45, 2.75) is 12.6 Å². The summed E-state index contributed by atoms with van der Waals surface area (Å²) >= 11 is 6.47. The lowest BCUT2D eigenvalue weighted by Crippen LogP contribution is -2.52. The zero-order valence-corrected chi connectivity index (χ0v) is 28.1. The number of nitrogen functional groups attached to an aromatic ring is 1. The summed E-state index contributed by atoms with van der Waals surface area (Å²) in [6, 6.07) is 6.70. The molecule has 0 aliphatic carbocycles. The molecule has 6 rings (SSSR count). The minimum absolute atomic E-state index is 0.0109. The van der Waals surface area contributed by atoms with Gasteiger partial charge in [-0.1, -0.05) is 11.6 Å². The zero-order valence-electron chi connectivity index (χ0n) is 27.3. The van der Waals surface area contributed by atoms with Gasteiger partial charge in [-0.15, -0.1) is 0 Å². The quantitative estimate of drug-likeness (QED) is 0.176. The van der Waals surface area contributed by atoms with Crippen molar-refractivity contribution in [1.82, 2.24) is 34.1 Å². The Bertz CT molecular complexity index is 1980. The Kier molecular flexibility index (Phi) is 9.07. The van der Waals surface area contributed by atoms with Crippen LogP contribution in [-0.2, 0) is 18.0 Å². The van der Waals surface area contributed by atoms with E-state index in [1.54, 1.807) is 4.90 Å². The number of halogens is 5. The fourth-order valence-corrected chi connectivity index (χ4v) is 6.58. The van der Waals surface area contributed by atoms with E-state index in [1.807, 2.05) is 4.90 Å². The van der Waals surface area contributed by atoms with E-state index in [0.29, 0.717) is 26.2 Å². The number of likely N-dealkylation sites (tertiary alicyclic amines) is 1. The monoisotopic (exact) mass is 717 g/mol. The summed E-state index contributed by atoms with van der Waals surface area (Å²) in [6.45, 7) is 3.31. The first-order valence-electron chi connectivity index (χ1n) is 15.6. The number of hydrogen-bond donors (Lipinski definition) is 2. The van der Waals surface area contributed by atoms with Crippen molar-refractivity contribution in [1.29, 1.82) is 0 Å². The smallest absolute Gasteiger partial charge is 0.395 e. The summed E-state index contributed by atoms with van der Waals surface area (Å²) in [5.41, 5.74) is 3.75. The van der Waals surface area contributed by atoms with Crippen LogP contribution in [0.1, 0.15) is 33.1 Å². The van der Waals surface area contributed by atoms with Crippen molar-refractivity contribution in [3.63, 3.8) is 0 Å². The number of carbonyl (C=O) groups excluding carboxylic acids is 3. The largest absolute Gasteiger partial charge is 0.435 e. The summed E-state index contributed by atoms with van der Waals surface area (Å²) in [5.74, 6) is -2.51. The SMILES string of the molecule is Cn1c(-c2cn(-c3ccc(N)c(F)n3)nc2C(F)(F)F)cnc1C(=O)Nc1ccc(C(=O)N2CCN(C(=O)C3CC[N+](C)(C)C3)CC2)c(Cl)c1. The summed E-state index contributed by atoms with van der Waals surface area (Å²) in [6.07, 6.45) is -1.98. The molecule has 3 amide bonds. The normalized spacial score (nSPS) is 17.6. The Hall–Kier alpha value is -5.03. The third-order valence-corrected chi connectivity index (χ3v) is 9.34. The molecule has 0 spiro atoms. The Morgan fingerprint density at radius 1 is 1.06 bits per heavy atom. The number of carbonyl (C=O) groups is 3. The molecule has 2 fully saturated rings. The van der Waals surface area contributed by atoms with Crippen molar-refractivity contribution < 1.29 is 36.4 Å². The van der Waals surface area contributed by atoms with Gasteiger partial charge in [0.25, 0.3) is 11.8 Å². The second-order valence-electron chi connectivity index (χ2n) is 13.0. The van der Waals surface area contributed by atoms with Gasteiger partial charge in [0, 0.05) is 51.5 Å². The number of anilines is 2. The number of nitrogens with zero attached hydrogens (tertiary/aromatic N) is 8. The van der Waals surface area contributed by atoms with Gasteiger partial charge in [0.1, 0.15) is 0 Å². The number of pyridine rings is 1. The van der Waals surface area contributed by atoms with Crippen LogP contribution in [0.2, 0.25) is 5.02 Å². The molecule has 2 aliphatic rings. The number of quaternary nitrogens is 1. The van der Waals surface area contributed by atoms with E-state index in [2.05, 4.69) is 34.5 Å². The van der Waals surface area contributed by atoms with E-state index < -0.39 is 29.3 Å². The van der Waals surface area contributed by atoms with Crippen molar-refractivity contribution >= 4 is 40.7 Å². The highest BCUT2D eigenvalue weighted by molar-refractivity contribution is 6.34. The first-order valence-corrected chi connectivity index (χ1v) is 16.0. The van der Waals surface area contributed by atoms with Gasteiger partial charge in [0.2, 0.25) is 11.9 Å². The van der Waals surface area contributed by atoms with Crippen LogP contribution in [0, 0.1) is 11.9 Å². The number of aromatic nitrogens is 5. The molecule has 0 radical (unpaired) electrons. The molecule has 1 atom stereocenters. The van der Waals surface area contributed by atoms with Crippen LogP contribution in [-0.4, -0.2) is 110 Å². The average molecular weight is 718 g/mol. The van der Waals surface area contributed by atoms with Crippen molar-refractivity contribution in [2.24, 2.45) is 13.0 Å². The first-order chi connectivity index (χ1) is 23.5. The number of alkyl halides is 3. The molecule has 3 aromatic heterocycles. The fourth-order valence-electron chi connectivity index (χ4n) is 6.32. The number of amides is 3. The van der Waals surface area contributed by atoms with E-state index >= 15 is 0 Å². The van der Waals surface area contributed by atoms with E-state index in [9.17, 15) is 31.9 Å². The molecule has 13 nitrogen and oxygen atoms in total. The lowest BCUT2D eigenvalue weighted by molar-refractivity contribution is -0.878. The third kappa shape index (κ3) is 6.87. The Labute approximate surface area is 288 Å². The average Bonchev–Trinajstić information content (AvgIpc) is 3.78. The highest BCUT2D eigenvalue weighted by Crippen LogP contribution is 2.37. The summed E-state index contributed by atoms with van der Waals surface area (Å²) in [5, 5.41) is 6.26. The van der Waals surface area contributed by atoms with Gasteiger partial charge in [-0.25, -0.2) is 9.67 Å². The van der Waals surface area contributed by atoms with Crippen LogP contribution in [0.3, 0.4) is 0 Å². The number of imidazole rings is 1. The van der Waals surface area contributed by atoms with Gasteiger partial charge in [0.15, 0.2) is 17.3 Å². The highest BCUT2D eigenvalue weighted by atomic mass is 35.5. The molecular formula is C32H34ClF4N10O3+. The lowest BCUT2D eigenvalue weighted by Gasteiger charge is -2.36. The number of nitrogens with one attached hydrogen (secondary N) is 1. The Morgan fingerprint density at radius 2 is 1.76 bits per heavy atom. The van der Waals surface area contributed by atoms with Gasteiger partial charge < -0.3 is 29.9 Å².